The highest BCUT2D eigenvalue weighted by molar-refractivity contribution is 5.95. The Morgan fingerprint density at radius 2 is 1.74 bits per heavy atom. The average molecular weight is 364 g/mol. The van der Waals surface area contributed by atoms with Crippen molar-refractivity contribution < 1.29 is 14.7 Å². The molecule has 2 aromatic rings. The van der Waals surface area contributed by atoms with Crippen LogP contribution in [-0.4, -0.2) is 34.9 Å². The van der Waals surface area contributed by atoms with Crippen LogP contribution in [-0.2, 0) is 16.0 Å². The van der Waals surface area contributed by atoms with E-state index in [0.29, 0.717) is 12.8 Å². The summed E-state index contributed by atoms with van der Waals surface area (Å²) in [4.78, 5) is 28.5. The third-order valence-electron chi connectivity index (χ3n) is 5.53. The summed E-state index contributed by atoms with van der Waals surface area (Å²) < 4.78 is 0. The fraction of sp³-hybridized carbons (Fsp3) is 0.364. The van der Waals surface area contributed by atoms with E-state index in [1.54, 1.807) is 12.1 Å². The van der Waals surface area contributed by atoms with Crippen LogP contribution in [0.4, 0.5) is 5.69 Å². The van der Waals surface area contributed by atoms with Gasteiger partial charge >= 0.3 is 0 Å². The number of hydrogen-bond acceptors (Lipinski definition) is 3. The van der Waals surface area contributed by atoms with Gasteiger partial charge in [-0.2, -0.15) is 0 Å². The van der Waals surface area contributed by atoms with Crippen LogP contribution < -0.4 is 4.90 Å². The van der Waals surface area contributed by atoms with E-state index in [2.05, 4.69) is 0 Å². The molecule has 5 nitrogen and oxygen atoms in total. The van der Waals surface area contributed by atoms with E-state index >= 15 is 0 Å². The number of carbonyl (C=O) groups is 2. The highest BCUT2D eigenvalue weighted by Gasteiger charge is 2.30. The maximum Gasteiger partial charge on any atom is 0.227 e. The molecule has 27 heavy (non-hydrogen) atoms. The van der Waals surface area contributed by atoms with Crippen molar-refractivity contribution in [3.63, 3.8) is 0 Å². The number of carbonyl (C=O) groups excluding carboxylic acids is 2. The zero-order valence-corrected chi connectivity index (χ0v) is 15.3. The number of likely N-dealkylation sites (tertiary alicyclic amines) is 1. The quantitative estimate of drug-likeness (QED) is 0.904. The van der Waals surface area contributed by atoms with Crippen molar-refractivity contribution in [1.29, 1.82) is 0 Å². The fourth-order valence-corrected chi connectivity index (χ4v) is 4.10. The molecule has 2 saturated heterocycles. The molecule has 0 unspecified atom stereocenters. The number of anilines is 1. The van der Waals surface area contributed by atoms with Crippen molar-refractivity contribution in [3.8, 4) is 5.75 Å². The molecule has 2 amide bonds. The third kappa shape index (κ3) is 3.68. The molecular formula is C22H24N2O3. The minimum Gasteiger partial charge on any atom is -0.508 e. The number of nitrogens with zero attached hydrogens (tertiary/aromatic N) is 2. The Hall–Kier alpha value is -2.82. The molecule has 0 radical (unpaired) electrons. The van der Waals surface area contributed by atoms with Crippen LogP contribution in [0.3, 0.4) is 0 Å². The van der Waals surface area contributed by atoms with E-state index in [1.165, 1.54) is 0 Å². The van der Waals surface area contributed by atoms with Crippen molar-refractivity contribution in [3.05, 3.63) is 59.7 Å². The second-order valence-electron chi connectivity index (χ2n) is 7.33. The largest absolute Gasteiger partial charge is 0.508 e. The number of phenols is 1. The highest BCUT2D eigenvalue weighted by atomic mass is 16.3. The first-order chi connectivity index (χ1) is 13.1. The van der Waals surface area contributed by atoms with Crippen LogP contribution in [0.2, 0.25) is 0 Å². The summed E-state index contributed by atoms with van der Waals surface area (Å²) in [6.45, 7) is 1.55. The molecule has 140 valence electrons. The van der Waals surface area contributed by atoms with E-state index in [4.69, 9.17) is 0 Å². The Morgan fingerprint density at radius 3 is 2.41 bits per heavy atom. The molecule has 0 bridgehead atoms. The number of aromatic hydroxyl groups is 1. The predicted octanol–water partition coefficient (Wildman–Crippen LogP) is 3.43. The van der Waals surface area contributed by atoms with Gasteiger partial charge in [0.2, 0.25) is 11.8 Å². The van der Waals surface area contributed by atoms with Gasteiger partial charge in [-0.1, -0.05) is 24.3 Å². The van der Waals surface area contributed by atoms with Gasteiger partial charge in [0.1, 0.15) is 5.75 Å². The first kappa shape index (κ1) is 17.6. The maximum absolute atomic E-state index is 12.9. The van der Waals surface area contributed by atoms with E-state index in [1.807, 2.05) is 46.2 Å². The van der Waals surface area contributed by atoms with Crippen LogP contribution in [0.25, 0.3) is 0 Å². The van der Waals surface area contributed by atoms with Crippen molar-refractivity contribution in [2.45, 2.75) is 38.1 Å². The lowest BCUT2D eigenvalue weighted by molar-refractivity contribution is -0.131. The second-order valence-corrected chi connectivity index (χ2v) is 7.33. The Balaban J connectivity index is 1.43. The summed E-state index contributed by atoms with van der Waals surface area (Å²) >= 11 is 0. The minimum atomic E-state index is 0.0830. The zero-order chi connectivity index (χ0) is 18.8. The number of benzene rings is 2. The average Bonchev–Trinajstić information content (AvgIpc) is 3.32. The lowest BCUT2D eigenvalue weighted by Crippen LogP contribution is -2.31. The van der Waals surface area contributed by atoms with Gasteiger partial charge in [0.25, 0.3) is 0 Å². The van der Waals surface area contributed by atoms with Gasteiger partial charge in [-0.3, -0.25) is 9.59 Å². The molecule has 5 heteroatoms. The van der Waals surface area contributed by atoms with Gasteiger partial charge < -0.3 is 14.9 Å². The summed E-state index contributed by atoms with van der Waals surface area (Å²) in [7, 11) is 0. The van der Waals surface area contributed by atoms with Crippen LogP contribution in [0, 0.1) is 0 Å². The number of phenolic OH excluding ortho intramolecular Hbond substituents is 1. The van der Waals surface area contributed by atoms with Crippen LogP contribution >= 0.6 is 0 Å². The van der Waals surface area contributed by atoms with Crippen molar-refractivity contribution >= 4 is 17.5 Å². The predicted molar refractivity (Wildman–Crippen MR) is 104 cm³/mol. The van der Waals surface area contributed by atoms with Crippen LogP contribution in [0.15, 0.2) is 48.5 Å². The Morgan fingerprint density at radius 1 is 1.00 bits per heavy atom. The van der Waals surface area contributed by atoms with Gasteiger partial charge in [0, 0.05) is 25.2 Å². The topological polar surface area (TPSA) is 60.9 Å². The van der Waals surface area contributed by atoms with Gasteiger partial charge in [-0.25, -0.2) is 0 Å². The smallest absolute Gasteiger partial charge is 0.227 e. The summed E-state index contributed by atoms with van der Waals surface area (Å²) in [6, 6.07) is 15.0. The normalized spacial score (nSPS) is 19.7. The Labute approximate surface area is 159 Å². The molecule has 2 aliphatic rings. The van der Waals surface area contributed by atoms with Crippen LogP contribution in [0.5, 0.6) is 5.75 Å². The Kier molecular flexibility index (Phi) is 4.84. The summed E-state index contributed by atoms with van der Waals surface area (Å²) in [6.07, 6.45) is 3.84. The second kappa shape index (κ2) is 7.43. The van der Waals surface area contributed by atoms with Crippen LogP contribution in [0.1, 0.15) is 42.9 Å². The molecule has 2 aromatic carbocycles. The summed E-state index contributed by atoms with van der Waals surface area (Å²) in [5.74, 6) is 0.536. The van der Waals surface area contributed by atoms with Crippen molar-refractivity contribution in [1.82, 2.24) is 4.90 Å². The first-order valence-corrected chi connectivity index (χ1v) is 9.59. The monoisotopic (exact) mass is 364 g/mol. The standard InChI is InChI=1S/C22H24N2O3/c25-19-11-7-17(8-12-19)20-3-1-14-24(20)22(27)15-16-5-9-18(10-6-16)23-13-2-4-21(23)26/h5-12,20,25H,1-4,13-15H2/t20-/m0/s1. The van der Waals surface area contributed by atoms with E-state index in [9.17, 15) is 14.7 Å². The highest BCUT2D eigenvalue weighted by Crippen LogP contribution is 2.33. The molecule has 2 aliphatic heterocycles. The number of hydrogen-bond donors (Lipinski definition) is 1. The number of rotatable bonds is 4. The fourth-order valence-electron chi connectivity index (χ4n) is 4.10. The third-order valence-corrected chi connectivity index (χ3v) is 5.53. The SMILES string of the molecule is O=C1CCCN1c1ccc(CC(=O)N2CCC[C@H]2c2ccc(O)cc2)cc1. The van der Waals surface area contributed by atoms with Gasteiger partial charge in [-0.05, 0) is 54.7 Å². The van der Waals surface area contributed by atoms with Gasteiger partial charge in [0.15, 0.2) is 0 Å². The van der Waals surface area contributed by atoms with Crippen molar-refractivity contribution in [2.75, 3.05) is 18.0 Å². The first-order valence-electron chi connectivity index (χ1n) is 9.59. The molecule has 2 fully saturated rings. The van der Waals surface area contributed by atoms with Gasteiger partial charge in [0.05, 0.1) is 12.5 Å². The summed E-state index contributed by atoms with van der Waals surface area (Å²) in [5.41, 5.74) is 2.95. The molecule has 0 aromatic heterocycles. The molecule has 0 saturated carbocycles. The zero-order valence-electron chi connectivity index (χ0n) is 15.3. The molecule has 0 spiro atoms. The van der Waals surface area contributed by atoms with E-state index < -0.39 is 0 Å². The molecule has 0 aliphatic carbocycles. The summed E-state index contributed by atoms with van der Waals surface area (Å²) in [5, 5.41) is 9.48. The van der Waals surface area contributed by atoms with E-state index in [-0.39, 0.29) is 23.6 Å². The van der Waals surface area contributed by atoms with Crippen molar-refractivity contribution in [2.24, 2.45) is 0 Å². The molecule has 4 rings (SSSR count). The Bertz CT molecular complexity index is 830. The minimum absolute atomic E-state index is 0.0830. The molecular weight excluding hydrogens is 340 g/mol. The molecule has 1 N–H and O–H groups in total. The maximum atomic E-state index is 12.9. The van der Waals surface area contributed by atoms with Gasteiger partial charge in [-0.15, -0.1) is 0 Å². The molecule has 1 atom stereocenters. The molecule has 2 heterocycles. The lowest BCUT2D eigenvalue weighted by atomic mass is 10.0. The van der Waals surface area contributed by atoms with E-state index in [0.717, 1.165) is 49.2 Å². The number of amides is 2. The lowest BCUT2D eigenvalue weighted by Gasteiger charge is -2.25.